The number of hydrogen-bond donors (Lipinski definition) is 1. The summed E-state index contributed by atoms with van der Waals surface area (Å²) in [5.74, 6) is -0.268. The lowest BCUT2D eigenvalue weighted by atomic mass is 10.1. The van der Waals surface area contributed by atoms with Crippen molar-refractivity contribution >= 4 is 33.5 Å². The minimum absolute atomic E-state index is 0.263. The third-order valence-electron chi connectivity index (χ3n) is 3.13. The highest BCUT2D eigenvalue weighted by molar-refractivity contribution is 9.10. The molecule has 0 aliphatic heterocycles. The van der Waals surface area contributed by atoms with Crippen molar-refractivity contribution in [3.63, 3.8) is 0 Å². The fourth-order valence-electron chi connectivity index (χ4n) is 2.07. The number of ether oxygens (including phenoxy) is 2. The molecule has 0 saturated carbocycles. The van der Waals surface area contributed by atoms with E-state index < -0.39 is 5.97 Å². The Morgan fingerprint density at radius 3 is 2.50 bits per heavy atom. The molecule has 126 valence electrons. The van der Waals surface area contributed by atoms with Crippen molar-refractivity contribution in [1.29, 1.82) is 0 Å². The number of carbonyl (C=O) groups is 2. The number of rotatable bonds is 6. The van der Waals surface area contributed by atoms with E-state index in [1.807, 2.05) is 13.0 Å². The minimum Gasteiger partial charge on any atom is -0.492 e. The standard InChI is InChI=1S/C18H18BrNO4/c1-3-23-16-11-13(18(22)24-4-2)8-9-15(16)20-17(21)12-6-5-7-14(19)10-12/h5-11H,3-4H2,1-2H3,(H,20,21). The van der Waals surface area contributed by atoms with E-state index in [2.05, 4.69) is 21.2 Å². The van der Waals surface area contributed by atoms with Crippen LogP contribution < -0.4 is 10.1 Å². The first-order valence-corrected chi connectivity index (χ1v) is 8.35. The molecule has 0 radical (unpaired) electrons. The maximum absolute atomic E-state index is 12.4. The van der Waals surface area contributed by atoms with Gasteiger partial charge in [-0.05, 0) is 50.2 Å². The van der Waals surface area contributed by atoms with Gasteiger partial charge in [0.25, 0.3) is 5.91 Å². The number of carbonyl (C=O) groups excluding carboxylic acids is 2. The lowest BCUT2D eigenvalue weighted by Gasteiger charge is -2.13. The SMILES string of the molecule is CCOC(=O)c1ccc(NC(=O)c2cccc(Br)c2)c(OCC)c1. The van der Waals surface area contributed by atoms with Gasteiger partial charge in [0.2, 0.25) is 0 Å². The summed E-state index contributed by atoms with van der Waals surface area (Å²) >= 11 is 3.34. The van der Waals surface area contributed by atoms with E-state index in [9.17, 15) is 9.59 Å². The van der Waals surface area contributed by atoms with E-state index in [1.165, 1.54) is 0 Å². The van der Waals surface area contributed by atoms with E-state index in [0.29, 0.717) is 35.8 Å². The fourth-order valence-corrected chi connectivity index (χ4v) is 2.47. The van der Waals surface area contributed by atoms with Crippen LogP contribution in [-0.2, 0) is 4.74 Å². The number of esters is 1. The first kappa shape index (κ1) is 18.0. The second kappa shape index (κ2) is 8.49. The summed E-state index contributed by atoms with van der Waals surface area (Å²) in [5.41, 5.74) is 1.39. The summed E-state index contributed by atoms with van der Waals surface area (Å²) in [6.07, 6.45) is 0. The third-order valence-corrected chi connectivity index (χ3v) is 3.62. The lowest BCUT2D eigenvalue weighted by molar-refractivity contribution is 0.0526. The normalized spacial score (nSPS) is 10.1. The zero-order valence-electron chi connectivity index (χ0n) is 13.5. The molecule has 0 bridgehead atoms. The second-order valence-corrected chi connectivity index (χ2v) is 5.74. The molecule has 0 aliphatic carbocycles. The predicted octanol–water partition coefficient (Wildman–Crippen LogP) is 4.28. The molecule has 2 rings (SSSR count). The van der Waals surface area contributed by atoms with E-state index in [0.717, 1.165) is 4.47 Å². The first-order valence-electron chi connectivity index (χ1n) is 7.56. The van der Waals surface area contributed by atoms with Crippen molar-refractivity contribution in [3.05, 3.63) is 58.1 Å². The quantitative estimate of drug-likeness (QED) is 0.746. The zero-order chi connectivity index (χ0) is 17.5. The van der Waals surface area contributed by atoms with Crippen LogP contribution in [0, 0.1) is 0 Å². The summed E-state index contributed by atoms with van der Waals surface area (Å²) < 4.78 is 11.3. The van der Waals surface area contributed by atoms with Crippen molar-refractivity contribution in [2.45, 2.75) is 13.8 Å². The molecule has 0 fully saturated rings. The molecule has 0 aromatic heterocycles. The van der Waals surface area contributed by atoms with Crippen molar-refractivity contribution < 1.29 is 19.1 Å². The Kier molecular flexibility index (Phi) is 6.37. The summed E-state index contributed by atoms with van der Waals surface area (Å²) in [6.45, 7) is 4.28. The van der Waals surface area contributed by atoms with Crippen molar-refractivity contribution in [1.82, 2.24) is 0 Å². The molecule has 0 atom stereocenters. The fraction of sp³-hybridized carbons (Fsp3) is 0.222. The number of anilines is 1. The van der Waals surface area contributed by atoms with Crippen LogP contribution in [0.5, 0.6) is 5.75 Å². The lowest BCUT2D eigenvalue weighted by Crippen LogP contribution is -2.13. The molecule has 24 heavy (non-hydrogen) atoms. The average Bonchev–Trinajstić information content (AvgIpc) is 2.56. The topological polar surface area (TPSA) is 64.6 Å². The van der Waals surface area contributed by atoms with Gasteiger partial charge in [0.05, 0.1) is 24.5 Å². The molecule has 2 aromatic carbocycles. The maximum Gasteiger partial charge on any atom is 0.338 e. The largest absolute Gasteiger partial charge is 0.492 e. The summed E-state index contributed by atoms with van der Waals surface area (Å²) in [6, 6.07) is 11.9. The van der Waals surface area contributed by atoms with Gasteiger partial charge in [0.15, 0.2) is 0 Å². The summed E-state index contributed by atoms with van der Waals surface area (Å²) in [4.78, 5) is 24.2. The number of benzene rings is 2. The Morgan fingerprint density at radius 1 is 1.04 bits per heavy atom. The van der Waals surface area contributed by atoms with E-state index in [4.69, 9.17) is 9.47 Å². The minimum atomic E-state index is -0.427. The van der Waals surface area contributed by atoms with Gasteiger partial charge in [0.1, 0.15) is 5.75 Å². The van der Waals surface area contributed by atoms with Crippen molar-refractivity contribution in [2.24, 2.45) is 0 Å². The molecule has 2 aromatic rings. The molecule has 1 amide bonds. The Labute approximate surface area is 149 Å². The molecule has 0 heterocycles. The highest BCUT2D eigenvalue weighted by Crippen LogP contribution is 2.27. The molecule has 0 spiro atoms. The molecule has 0 aliphatic rings. The van der Waals surface area contributed by atoms with Crippen LogP contribution in [0.25, 0.3) is 0 Å². The maximum atomic E-state index is 12.4. The number of hydrogen-bond acceptors (Lipinski definition) is 4. The van der Waals surface area contributed by atoms with Crippen LogP contribution in [0.4, 0.5) is 5.69 Å². The van der Waals surface area contributed by atoms with Gasteiger partial charge >= 0.3 is 5.97 Å². The molecular weight excluding hydrogens is 374 g/mol. The Morgan fingerprint density at radius 2 is 1.83 bits per heavy atom. The van der Waals surface area contributed by atoms with Crippen LogP contribution in [0.3, 0.4) is 0 Å². The number of halogens is 1. The number of nitrogens with one attached hydrogen (secondary N) is 1. The van der Waals surface area contributed by atoms with Crippen LogP contribution in [0.2, 0.25) is 0 Å². The Bertz CT molecular complexity index is 746. The third kappa shape index (κ3) is 4.58. The van der Waals surface area contributed by atoms with Gasteiger partial charge in [-0.2, -0.15) is 0 Å². The van der Waals surface area contributed by atoms with Crippen LogP contribution in [-0.4, -0.2) is 25.1 Å². The first-order chi connectivity index (χ1) is 11.5. The van der Waals surface area contributed by atoms with Crippen LogP contribution in [0.1, 0.15) is 34.6 Å². The number of amides is 1. The molecule has 0 unspecified atom stereocenters. The molecule has 0 saturated heterocycles. The van der Waals surface area contributed by atoms with E-state index in [-0.39, 0.29) is 5.91 Å². The summed E-state index contributed by atoms with van der Waals surface area (Å²) in [7, 11) is 0. The molecule has 5 nitrogen and oxygen atoms in total. The highest BCUT2D eigenvalue weighted by Gasteiger charge is 2.14. The van der Waals surface area contributed by atoms with Crippen molar-refractivity contribution in [3.8, 4) is 5.75 Å². The average molecular weight is 392 g/mol. The monoisotopic (exact) mass is 391 g/mol. The van der Waals surface area contributed by atoms with Gasteiger partial charge in [0, 0.05) is 10.0 Å². The van der Waals surface area contributed by atoms with E-state index in [1.54, 1.807) is 43.3 Å². The van der Waals surface area contributed by atoms with Crippen LogP contribution in [0.15, 0.2) is 46.9 Å². The van der Waals surface area contributed by atoms with Gasteiger partial charge in [-0.15, -0.1) is 0 Å². The van der Waals surface area contributed by atoms with E-state index >= 15 is 0 Å². The van der Waals surface area contributed by atoms with Crippen LogP contribution >= 0.6 is 15.9 Å². The molecular formula is C18H18BrNO4. The zero-order valence-corrected chi connectivity index (χ0v) is 15.1. The smallest absolute Gasteiger partial charge is 0.338 e. The Hall–Kier alpha value is -2.34. The predicted molar refractivity (Wildman–Crippen MR) is 95.7 cm³/mol. The highest BCUT2D eigenvalue weighted by atomic mass is 79.9. The summed E-state index contributed by atoms with van der Waals surface area (Å²) in [5, 5.41) is 2.80. The van der Waals surface area contributed by atoms with Gasteiger partial charge < -0.3 is 14.8 Å². The Balaban J connectivity index is 2.25. The second-order valence-electron chi connectivity index (χ2n) is 4.83. The molecule has 1 N–H and O–H groups in total. The van der Waals surface area contributed by atoms with Crippen molar-refractivity contribution in [2.75, 3.05) is 18.5 Å². The molecule has 6 heteroatoms. The van der Waals surface area contributed by atoms with Gasteiger partial charge in [-0.25, -0.2) is 4.79 Å². The van der Waals surface area contributed by atoms with Gasteiger partial charge in [-0.1, -0.05) is 22.0 Å². The van der Waals surface area contributed by atoms with Gasteiger partial charge in [-0.3, -0.25) is 4.79 Å².